The van der Waals surface area contributed by atoms with E-state index in [2.05, 4.69) is 50.4 Å². The molecule has 1 aromatic rings. The minimum absolute atomic E-state index is 0.560. The van der Waals surface area contributed by atoms with Crippen molar-refractivity contribution < 1.29 is 0 Å². The molecule has 1 aliphatic carbocycles. The lowest BCUT2D eigenvalue weighted by Gasteiger charge is -2.38. The number of rotatable bonds is 4. The molecule has 0 amide bonds. The molecule has 0 saturated heterocycles. The highest BCUT2D eigenvalue weighted by Gasteiger charge is 2.31. The van der Waals surface area contributed by atoms with E-state index in [-0.39, 0.29) is 0 Å². The van der Waals surface area contributed by atoms with Crippen molar-refractivity contribution in [2.75, 3.05) is 6.54 Å². The monoisotopic (exact) mass is 231 g/mol. The van der Waals surface area contributed by atoms with Gasteiger partial charge in [-0.05, 0) is 42.3 Å². The molecule has 3 atom stereocenters. The normalized spacial score (nSPS) is 27.8. The second kappa shape index (κ2) is 5.68. The van der Waals surface area contributed by atoms with Crippen molar-refractivity contribution in [2.24, 2.45) is 11.8 Å². The topological polar surface area (TPSA) is 12.0 Å². The first-order chi connectivity index (χ1) is 8.27. The van der Waals surface area contributed by atoms with Crippen LogP contribution in [0.5, 0.6) is 0 Å². The van der Waals surface area contributed by atoms with E-state index in [4.69, 9.17) is 0 Å². The molecule has 0 bridgehead atoms. The van der Waals surface area contributed by atoms with Gasteiger partial charge in [-0.1, -0.05) is 51.5 Å². The van der Waals surface area contributed by atoms with Gasteiger partial charge in [0.2, 0.25) is 0 Å². The van der Waals surface area contributed by atoms with Crippen LogP contribution in [-0.4, -0.2) is 6.54 Å². The molecule has 1 N–H and O–H groups in total. The van der Waals surface area contributed by atoms with Crippen molar-refractivity contribution in [3.05, 3.63) is 35.4 Å². The molecule has 94 valence electrons. The highest BCUT2D eigenvalue weighted by Crippen LogP contribution is 2.39. The van der Waals surface area contributed by atoms with E-state index < -0.39 is 0 Å². The predicted molar refractivity (Wildman–Crippen MR) is 74.1 cm³/mol. The summed E-state index contributed by atoms with van der Waals surface area (Å²) in [6, 6.07) is 9.54. The van der Waals surface area contributed by atoms with Crippen LogP contribution in [0.25, 0.3) is 0 Å². The van der Waals surface area contributed by atoms with Crippen LogP contribution in [0.3, 0.4) is 0 Å². The van der Waals surface area contributed by atoms with Gasteiger partial charge in [-0.25, -0.2) is 0 Å². The van der Waals surface area contributed by atoms with Gasteiger partial charge in [0.25, 0.3) is 0 Å². The van der Waals surface area contributed by atoms with Crippen molar-refractivity contribution in [2.45, 2.75) is 46.1 Å². The van der Waals surface area contributed by atoms with E-state index in [9.17, 15) is 0 Å². The Kier molecular flexibility index (Phi) is 4.22. The van der Waals surface area contributed by atoms with Crippen LogP contribution in [0, 0.1) is 11.8 Å². The van der Waals surface area contributed by atoms with Gasteiger partial charge in [-0.15, -0.1) is 0 Å². The lowest BCUT2D eigenvalue weighted by atomic mass is 9.72. The smallest absolute Gasteiger partial charge is 0.0351 e. The lowest BCUT2D eigenvalue weighted by Crippen LogP contribution is -2.36. The van der Waals surface area contributed by atoms with E-state index in [1.54, 1.807) is 5.56 Å². The summed E-state index contributed by atoms with van der Waals surface area (Å²) < 4.78 is 0. The maximum absolute atomic E-state index is 3.74. The summed E-state index contributed by atoms with van der Waals surface area (Å²) in [5, 5.41) is 3.74. The molecule has 1 aromatic carbocycles. The molecule has 0 heterocycles. The maximum Gasteiger partial charge on any atom is 0.0351 e. The van der Waals surface area contributed by atoms with E-state index in [1.165, 1.54) is 24.8 Å². The van der Waals surface area contributed by atoms with Gasteiger partial charge in [0.1, 0.15) is 0 Å². The van der Waals surface area contributed by atoms with Crippen molar-refractivity contribution in [1.29, 1.82) is 0 Å². The number of benzene rings is 1. The predicted octanol–water partition coefficient (Wildman–Crippen LogP) is 3.95. The fourth-order valence-corrected chi connectivity index (χ4v) is 3.16. The van der Waals surface area contributed by atoms with Gasteiger partial charge in [0.15, 0.2) is 0 Å². The molecule has 3 unspecified atom stereocenters. The molecule has 1 heteroatoms. The molecule has 0 radical (unpaired) electrons. The van der Waals surface area contributed by atoms with Crippen molar-refractivity contribution in [3.63, 3.8) is 0 Å². The Labute approximate surface area is 106 Å². The largest absolute Gasteiger partial charge is 0.310 e. The zero-order valence-corrected chi connectivity index (χ0v) is 11.4. The van der Waals surface area contributed by atoms with Gasteiger partial charge in [-0.2, -0.15) is 0 Å². The molecule has 1 nitrogen and oxygen atoms in total. The lowest BCUT2D eigenvalue weighted by molar-refractivity contribution is 0.241. The summed E-state index contributed by atoms with van der Waals surface area (Å²) in [7, 11) is 0. The summed E-state index contributed by atoms with van der Waals surface area (Å²) in [6.45, 7) is 8.10. The third-order valence-corrected chi connectivity index (χ3v) is 4.28. The van der Waals surface area contributed by atoms with E-state index in [0.29, 0.717) is 6.04 Å². The average Bonchev–Trinajstić information content (AvgIpc) is 2.37. The van der Waals surface area contributed by atoms with Gasteiger partial charge in [-0.3, -0.25) is 0 Å². The van der Waals surface area contributed by atoms with Crippen molar-refractivity contribution >= 4 is 0 Å². The fraction of sp³-hybridized carbons (Fsp3) is 0.625. The Morgan fingerprint density at radius 3 is 2.71 bits per heavy atom. The van der Waals surface area contributed by atoms with E-state index in [0.717, 1.165) is 18.4 Å². The Balaban J connectivity index is 2.27. The van der Waals surface area contributed by atoms with E-state index >= 15 is 0 Å². The molecule has 17 heavy (non-hydrogen) atoms. The first-order valence-corrected chi connectivity index (χ1v) is 7.09. The van der Waals surface area contributed by atoms with Crippen LogP contribution in [0.15, 0.2) is 24.3 Å². The Morgan fingerprint density at radius 1 is 1.24 bits per heavy atom. The van der Waals surface area contributed by atoms with E-state index in [1.807, 2.05) is 0 Å². The highest BCUT2D eigenvalue weighted by molar-refractivity contribution is 5.33. The molecule has 0 spiro atoms. The maximum atomic E-state index is 3.74. The van der Waals surface area contributed by atoms with Gasteiger partial charge in [0.05, 0.1) is 0 Å². The zero-order chi connectivity index (χ0) is 12.3. The molecule has 0 saturated carbocycles. The molecule has 0 aliphatic heterocycles. The number of nitrogens with one attached hydrogen (secondary N) is 1. The van der Waals surface area contributed by atoms with Crippen LogP contribution in [0.2, 0.25) is 0 Å². The van der Waals surface area contributed by atoms with Crippen molar-refractivity contribution in [1.82, 2.24) is 5.32 Å². The number of fused-ring (bicyclic) bond motifs is 1. The third kappa shape index (κ3) is 2.55. The summed E-state index contributed by atoms with van der Waals surface area (Å²) in [4.78, 5) is 0. The second-order valence-corrected chi connectivity index (χ2v) is 5.36. The van der Waals surface area contributed by atoms with Crippen LogP contribution in [-0.2, 0) is 6.42 Å². The quantitative estimate of drug-likeness (QED) is 0.827. The summed E-state index contributed by atoms with van der Waals surface area (Å²) >= 11 is 0. The molecule has 1 aliphatic rings. The highest BCUT2D eigenvalue weighted by atomic mass is 14.9. The zero-order valence-electron chi connectivity index (χ0n) is 11.4. The minimum atomic E-state index is 0.560. The molecule has 0 fully saturated rings. The summed E-state index contributed by atoms with van der Waals surface area (Å²) in [5.74, 6) is 1.58. The van der Waals surface area contributed by atoms with Crippen LogP contribution < -0.4 is 5.32 Å². The molecular formula is C16H25N. The molecule has 2 rings (SSSR count). The average molecular weight is 231 g/mol. The van der Waals surface area contributed by atoms with Gasteiger partial charge >= 0.3 is 0 Å². The SMILES string of the molecule is CCCNC1c2ccccc2CC(CC)C1C. The van der Waals surface area contributed by atoms with Crippen LogP contribution in [0.1, 0.15) is 50.8 Å². The summed E-state index contributed by atoms with van der Waals surface area (Å²) in [6.07, 6.45) is 3.76. The van der Waals surface area contributed by atoms with Gasteiger partial charge < -0.3 is 5.32 Å². The number of hydrogen-bond acceptors (Lipinski definition) is 1. The van der Waals surface area contributed by atoms with Crippen molar-refractivity contribution in [3.8, 4) is 0 Å². The molecule has 0 aromatic heterocycles. The first kappa shape index (κ1) is 12.6. The standard InChI is InChI=1S/C16H25N/c1-4-10-17-16-12(3)13(5-2)11-14-8-6-7-9-15(14)16/h6-9,12-13,16-17H,4-5,10-11H2,1-3H3. The molecular weight excluding hydrogens is 206 g/mol. The fourth-order valence-electron chi connectivity index (χ4n) is 3.16. The Bertz CT molecular complexity index is 358. The summed E-state index contributed by atoms with van der Waals surface area (Å²) in [5.41, 5.74) is 3.10. The minimum Gasteiger partial charge on any atom is -0.310 e. The Morgan fingerprint density at radius 2 is 2.00 bits per heavy atom. The number of hydrogen-bond donors (Lipinski definition) is 1. The van der Waals surface area contributed by atoms with Crippen LogP contribution >= 0.6 is 0 Å². The second-order valence-electron chi connectivity index (χ2n) is 5.36. The Hall–Kier alpha value is -0.820. The third-order valence-electron chi connectivity index (χ3n) is 4.28. The van der Waals surface area contributed by atoms with Gasteiger partial charge in [0, 0.05) is 6.04 Å². The first-order valence-electron chi connectivity index (χ1n) is 7.09. The van der Waals surface area contributed by atoms with Crippen LogP contribution in [0.4, 0.5) is 0 Å².